The lowest BCUT2D eigenvalue weighted by atomic mass is 9.91. The molecule has 1 atom stereocenters. The molecule has 1 aromatic rings. The fraction of sp³-hybridized carbons (Fsp3) is 0.300. The molecule has 70 valence electrons. The lowest BCUT2D eigenvalue weighted by Crippen LogP contribution is -2.38. The number of carbonyl (C=O) groups is 1. The molecule has 0 aliphatic rings. The van der Waals surface area contributed by atoms with Gasteiger partial charge in [-0.15, -0.1) is 0 Å². The number of hydrogen-bond acceptors (Lipinski definition) is 2. The minimum atomic E-state index is -1.58. The normalized spacial score (nSPS) is 15.0. The molecule has 1 rings (SSSR count). The molecule has 3 heteroatoms. The molecule has 3 nitrogen and oxygen atoms in total. The molecular weight excluding hydrogens is 166 g/mol. The minimum Gasteiger partial charge on any atom is -0.376 e. The van der Waals surface area contributed by atoms with Gasteiger partial charge in [-0.25, -0.2) is 0 Å². The van der Waals surface area contributed by atoms with Crippen molar-refractivity contribution in [2.45, 2.75) is 19.4 Å². The SMILES string of the molecule is Cc1ccccc1C(C)(O)C(N)=O. The number of carbonyl (C=O) groups excluding carboxylic acids is 1. The summed E-state index contributed by atoms with van der Waals surface area (Å²) in [5.41, 5.74) is 4.92. The molecule has 0 aromatic heterocycles. The Bertz CT molecular complexity index is 331. The summed E-state index contributed by atoms with van der Waals surface area (Å²) in [7, 11) is 0. The van der Waals surface area contributed by atoms with Crippen LogP contribution in [0.3, 0.4) is 0 Å². The average Bonchev–Trinajstić information content (AvgIpc) is 2.04. The topological polar surface area (TPSA) is 63.3 Å². The fourth-order valence-corrected chi connectivity index (χ4v) is 1.25. The molecule has 0 bridgehead atoms. The molecule has 0 aliphatic heterocycles. The standard InChI is InChI=1S/C10H13NO2/c1-7-5-3-4-6-8(7)10(2,13)9(11)12/h3-6,13H,1-2H3,(H2,11,12). The van der Waals surface area contributed by atoms with Crippen LogP contribution in [0.2, 0.25) is 0 Å². The Morgan fingerprint density at radius 3 is 2.46 bits per heavy atom. The second-order valence-electron chi connectivity index (χ2n) is 3.25. The van der Waals surface area contributed by atoms with Crippen molar-refractivity contribution in [2.24, 2.45) is 5.73 Å². The van der Waals surface area contributed by atoms with Crippen LogP contribution in [0.5, 0.6) is 0 Å². The Morgan fingerprint density at radius 2 is 2.00 bits per heavy atom. The highest BCUT2D eigenvalue weighted by Gasteiger charge is 2.30. The molecule has 0 radical (unpaired) electrons. The Hall–Kier alpha value is -1.35. The summed E-state index contributed by atoms with van der Waals surface area (Å²) in [5, 5.41) is 9.77. The van der Waals surface area contributed by atoms with Gasteiger partial charge >= 0.3 is 0 Å². The van der Waals surface area contributed by atoms with Gasteiger partial charge < -0.3 is 10.8 Å². The second kappa shape index (κ2) is 3.18. The number of nitrogens with two attached hydrogens (primary N) is 1. The van der Waals surface area contributed by atoms with Crippen molar-refractivity contribution in [2.75, 3.05) is 0 Å². The third kappa shape index (κ3) is 1.70. The third-order valence-electron chi connectivity index (χ3n) is 2.15. The van der Waals surface area contributed by atoms with E-state index < -0.39 is 11.5 Å². The first-order valence-corrected chi connectivity index (χ1v) is 4.04. The molecule has 1 unspecified atom stereocenters. The van der Waals surface area contributed by atoms with Crippen LogP contribution in [0.15, 0.2) is 24.3 Å². The summed E-state index contributed by atoms with van der Waals surface area (Å²) in [6.07, 6.45) is 0. The van der Waals surface area contributed by atoms with E-state index >= 15 is 0 Å². The van der Waals surface area contributed by atoms with Crippen molar-refractivity contribution in [3.8, 4) is 0 Å². The maximum atomic E-state index is 10.9. The zero-order valence-electron chi connectivity index (χ0n) is 7.74. The smallest absolute Gasteiger partial charge is 0.253 e. The number of amides is 1. The molecule has 1 aromatic carbocycles. The number of aryl methyl sites for hydroxylation is 1. The van der Waals surface area contributed by atoms with E-state index in [2.05, 4.69) is 0 Å². The maximum Gasteiger partial charge on any atom is 0.253 e. The Morgan fingerprint density at radius 1 is 1.46 bits per heavy atom. The van der Waals surface area contributed by atoms with Crippen molar-refractivity contribution >= 4 is 5.91 Å². The lowest BCUT2D eigenvalue weighted by molar-refractivity contribution is -0.135. The molecule has 0 saturated heterocycles. The van der Waals surface area contributed by atoms with Crippen molar-refractivity contribution in [1.29, 1.82) is 0 Å². The molecule has 3 N–H and O–H groups in total. The van der Waals surface area contributed by atoms with Gasteiger partial charge in [-0.2, -0.15) is 0 Å². The summed E-state index contributed by atoms with van der Waals surface area (Å²) < 4.78 is 0. The van der Waals surface area contributed by atoms with Crippen LogP contribution in [-0.2, 0) is 10.4 Å². The van der Waals surface area contributed by atoms with Crippen LogP contribution in [0, 0.1) is 6.92 Å². The second-order valence-corrected chi connectivity index (χ2v) is 3.25. The summed E-state index contributed by atoms with van der Waals surface area (Å²) in [6.45, 7) is 3.23. The zero-order chi connectivity index (χ0) is 10.1. The molecule has 0 saturated carbocycles. The van der Waals surface area contributed by atoms with Crippen LogP contribution < -0.4 is 5.73 Å². The summed E-state index contributed by atoms with van der Waals surface area (Å²) in [4.78, 5) is 10.9. The Kier molecular flexibility index (Phi) is 2.38. The molecule has 0 aliphatic carbocycles. The number of hydrogen-bond donors (Lipinski definition) is 2. The van der Waals surface area contributed by atoms with E-state index in [1.807, 2.05) is 19.1 Å². The van der Waals surface area contributed by atoms with Gasteiger partial charge in [-0.05, 0) is 25.0 Å². The van der Waals surface area contributed by atoms with Gasteiger partial charge in [0.2, 0.25) is 0 Å². The van der Waals surface area contributed by atoms with E-state index in [1.165, 1.54) is 6.92 Å². The van der Waals surface area contributed by atoms with Crippen LogP contribution in [-0.4, -0.2) is 11.0 Å². The Labute approximate surface area is 77.2 Å². The van der Waals surface area contributed by atoms with E-state index in [4.69, 9.17) is 5.73 Å². The van der Waals surface area contributed by atoms with E-state index in [-0.39, 0.29) is 0 Å². The van der Waals surface area contributed by atoms with Crippen molar-refractivity contribution < 1.29 is 9.90 Å². The van der Waals surface area contributed by atoms with Gasteiger partial charge in [0.15, 0.2) is 5.60 Å². The monoisotopic (exact) mass is 179 g/mol. The van der Waals surface area contributed by atoms with Gasteiger partial charge in [0, 0.05) is 0 Å². The number of primary amides is 1. The fourth-order valence-electron chi connectivity index (χ4n) is 1.25. The zero-order valence-corrected chi connectivity index (χ0v) is 7.74. The molecule has 0 spiro atoms. The van der Waals surface area contributed by atoms with Crippen LogP contribution in [0.25, 0.3) is 0 Å². The quantitative estimate of drug-likeness (QED) is 0.701. The molecule has 0 fully saturated rings. The van der Waals surface area contributed by atoms with Gasteiger partial charge in [0.05, 0.1) is 0 Å². The first kappa shape index (κ1) is 9.74. The maximum absolute atomic E-state index is 10.9. The van der Waals surface area contributed by atoms with Crippen molar-refractivity contribution in [1.82, 2.24) is 0 Å². The Balaban J connectivity index is 3.22. The lowest BCUT2D eigenvalue weighted by Gasteiger charge is -2.21. The first-order valence-electron chi connectivity index (χ1n) is 4.04. The largest absolute Gasteiger partial charge is 0.376 e. The van der Waals surface area contributed by atoms with Gasteiger partial charge in [0.25, 0.3) is 5.91 Å². The molecule has 1 amide bonds. The summed E-state index contributed by atoms with van der Waals surface area (Å²) >= 11 is 0. The average molecular weight is 179 g/mol. The van der Waals surface area contributed by atoms with Crippen LogP contribution >= 0.6 is 0 Å². The van der Waals surface area contributed by atoms with E-state index in [0.29, 0.717) is 5.56 Å². The van der Waals surface area contributed by atoms with E-state index in [0.717, 1.165) is 5.56 Å². The highest BCUT2D eigenvalue weighted by Crippen LogP contribution is 2.22. The predicted molar refractivity (Wildman–Crippen MR) is 49.9 cm³/mol. The minimum absolute atomic E-state index is 0.558. The third-order valence-corrected chi connectivity index (χ3v) is 2.15. The van der Waals surface area contributed by atoms with E-state index in [1.54, 1.807) is 12.1 Å². The van der Waals surface area contributed by atoms with Crippen molar-refractivity contribution in [3.05, 3.63) is 35.4 Å². The first-order chi connectivity index (χ1) is 5.96. The number of benzene rings is 1. The summed E-state index contributed by atoms with van der Waals surface area (Å²) in [5.74, 6) is -0.734. The van der Waals surface area contributed by atoms with Gasteiger partial charge in [0.1, 0.15) is 0 Å². The van der Waals surface area contributed by atoms with Crippen LogP contribution in [0.1, 0.15) is 18.1 Å². The van der Waals surface area contributed by atoms with Gasteiger partial charge in [-0.1, -0.05) is 24.3 Å². The van der Waals surface area contributed by atoms with E-state index in [9.17, 15) is 9.90 Å². The van der Waals surface area contributed by atoms with Gasteiger partial charge in [-0.3, -0.25) is 4.79 Å². The highest BCUT2D eigenvalue weighted by atomic mass is 16.3. The highest BCUT2D eigenvalue weighted by molar-refractivity contribution is 5.84. The van der Waals surface area contributed by atoms with Crippen LogP contribution in [0.4, 0.5) is 0 Å². The number of aliphatic hydroxyl groups is 1. The molecule has 0 heterocycles. The molecule has 13 heavy (non-hydrogen) atoms. The van der Waals surface area contributed by atoms with Crippen molar-refractivity contribution in [3.63, 3.8) is 0 Å². The predicted octanol–water partition coefficient (Wildman–Crippen LogP) is 0.688. The molecular formula is C10H13NO2. The summed E-state index contributed by atoms with van der Waals surface area (Å²) in [6, 6.07) is 7.13. The number of rotatable bonds is 2.